The van der Waals surface area contributed by atoms with Gasteiger partial charge in [0.05, 0.1) is 16.5 Å². The number of carbonyl (C=O) groups excluding carboxylic acids is 1. The van der Waals surface area contributed by atoms with Gasteiger partial charge in [0.2, 0.25) is 0 Å². The van der Waals surface area contributed by atoms with Crippen molar-refractivity contribution in [1.29, 1.82) is 5.26 Å². The summed E-state index contributed by atoms with van der Waals surface area (Å²) in [6.07, 6.45) is -3.16. The van der Waals surface area contributed by atoms with Crippen LogP contribution in [0.3, 0.4) is 0 Å². The molecule has 37 heavy (non-hydrogen) atoms. The SMILES string of the molecule is CC(C)(C)C(NC(=O)O)(C1=C(Nc2cccc(C(F)F)c2)CCC1=O)c1ccc(C#N)cc1S(C)(=O)=O. The summed E-state index contributed by atoms with van der Waals surface area (Å²) in [5, 5.41) is 24.8. The molecule has 1 atom stereocenters. The topological polar surface area (TPSA) is 136 Å². The van der Waals surface area contributed by atoms with Gasteiger partial charge in [-0.15, -0.1) is 0 Å². The molecule has 1 aliphatic carbocycles. The minimum absolute atomic E-state index is 0.00415. The van der Waals surface area contributed by atoms with E-state index < -0.39 is 39.1 Å². The maximum atomic E-state index is 13.4. The van der Waals surface area contributed by atoms with Crippen molar-refractivity contribution >= 4 is 27.4 Å². The highest BCUT2D eigenvalue weighted by Crippen LogP contribution is 2.51. The van der Waals surface area contributed by atoms with Crippen molar-refractivity contribution in [3.8, 4) is 6.07 Å². The average molecular weight is 532 g/mol. The molecule has 1 unspecified atom stereocenters. The second kappa shape index (κ2) is 9.94. The molecule has 0 saturated heterocycles. The lowest BCUT2D eigenvalue weighted by Crippen LogP contribution is -2.57. The number of benzene rings is 2. The molecule has 1 aliphatic rings. The van der Waals surface area contributed by atoms with E-state index in [1.165, 1.54) is 36.4 Å². The Morgan fingerprint density at radius 3 is 2.35 bits per heavy atom. The number of Topliss-reactive ketones (excluding diaryl/α,β-unsaturated/α-hetero) is 1. The van der Waals surface area contributed by atoms with Crippen LogP contribution in [0, 0.1) is 16.7 Å². The van der Waals surface area contributed by atoms with Gasteiger partial charge < -0.3 is 15.7 Å². The summed E-state index contributed by atoms with van der Waals surface area (Å²) >= 11 is 0. The molecule has 8 nitrogen and oxygen atoms in total. The fourth-order valence-electron chi connectivity index (χ4n) is 4.74. The first kappa shape index (κ1) is 27.8. The van der Waals surface area contributed by atoms with Gasteiger partial charge in [0.15, 0.2) is 15.6 Å². The number of hydrogen-bond acceptors (Lipinski definition) is 6. The van der Waals surface area contributed by atoms with Crippen LogP contribution in [-0.4, -0.2) is 31.7 Å². The minimum Gasteiger partial charge on any atom is -0.465 e. The van der Waals surface area contributed by atoms with Crippen molar-refractivity contribution in [1.82, 2.24) is 5.32 Å². The van der Waals surface area contributed by atoms with Crippen molar-refractivity contribution in [3.63, 3.8) is 0 Å². The number of allylic oxidation sites excluding steroid dienone is 1. The van der Waals surface area contributed by atoms with Crippen molar-refractivity contribution in [2.75, 3.05) is 11.6 Å². The lowest BCUT2D eigenvalue weighted by molar-refractivity contribution is -0.116. The van der Waals surface area contributed by atoms with E-state index in [2.05, 4.69) is 10.6 Å². The van der Waals surface area contributed by atoms with E-state index in [1.807, 2.05) is 6.07 Å². The smallest absolute Gasteiger partial charge is 0.405 e. The first-order chi connectivity index (χ1) is 17.1. The Labute approximate surface area is 213 Å². The van der Waals surface area contributed by atoms with Crippen LogP contribution in [0.15, 0.2) is 58.6 Å². The van der Waals surface area contributed by atoms with Crippen LogP contribution in [0.1, 0.15) is 56.7 Å². The van der Waals surface area contributed by atoms with Gasteiger partial charge in [-0.25, -0.2) is 22.0 Å². The number of nitrogens with zero attached hydrogens (tertiary/aromatic N) is 1. The van der Waals surface area contributed by atoms with Crippen LogP contribution < -0.4 is 10.6 Å². The molecule has 2 aromatic rings. The van der Waals surface area contributed by atoms with E-state index in [0.717, 1.165) is 12.3 Å². The van der Waals surface area contributed by atoms with E-state index in [1.54, 1.807) is 20.8 Å². The van der Waals surface area contributed by atoms with Crippen LogP contribution in [0.5, 0.6) is 0 Å². The number of halogens is 2. The van der Waals surface area contributed by atoms with Crippen molar-refractivity contribution in [3.05, 3.63) is 70.4 Å². The third-order valence-corrected chi connectivity index (χ3v) is 7.46. The van der Waals surface area contributed by atoms with Crippen molar-refractivity contribution in [2.24, 2.45) is 5.41 Å². The summed E-state index contributed by atoms with van der Waals surface area (Å²) in [5.74, 6) is -0.431. The number of carboxylic acid groups (broad SMARTS) is 1. The molecular formula is C26H27F2N3O5S. The summed E-state index contributed by atoms with van der Waals surface area (Å²) in [6, 6.07) is 11.2. The summed E-state index contributed by atoms with van der Waals surface area (Å²) < 4.78 is 52.3. The molecule has 11 heteroatoms. The molecule has 0 spiro atoms. The van der Waals surface area contributed by atoms with Gasteiger partial charge in [0.25, 0.3) is 6.43 Å². The van der Waals surface area contributed by atoms with Gasteiger partial charge in [0, 0.05) is 40.8 Å². The highest BCUT2D eigenvalue weighted by atomic mass is 32.2. The molecular weight excluding hydrogens is 504 g/mol. The molecule has 3 rings (SSSR count). The number of sulfone groups is 1. The largest absolute Gasteiger partial charge is 0.465 e. The number of alkyl halides is 2. The molecule has 1 amide bonds. The fourth-order valence-corrected chi connectivity index (χ4v) is 5.71. The number of anilines is 1. The molecule has 0 aliphatic heterocycles. The van der Waals surface area contributed by atoms with Gasteiger partial charge in [-0.1, -0.05) is 39.0 Å². The van der Waals surface area contributed by atoms with E-state index in [9.17, 15) is 37.2 Å². The number of amides is 1. The summed E-state index contributed by atoms with van der Waals surface area (Å²) in [4.78, 5) is 25.3. The normalized spacial score (nSPS) is 15.9. The van der Waals surface area contributed by atoms with Crippen LogP contribution in [0.4, 0.5) is 19.3 Å². The Balaban J connectivity index is 2.42. The van der Waals surface area contributed by atoms with Crippen molar-refractivity contribution in [2.45, 2.75) is 50.5 Å². The second-order valence-corrected chi connectivity index (χ2v) is 11.8. The zero-order chi connectivity index (χ0) is 27.8. The molecule has 0 fully saturated rings. The third-order valence-electron chi connectivity index (χ3n) is 6.33. The number of rotatable bonds is 7. The molecule has 0 heterocycles. The molecule has 0 bridgehead atoms. The zero-order valence-electron chi connectivity index (χ0n) is 20.7. The molecule has 196 valence electrons. The van der Waals surface area contributed by atoms with Crippen LogP contribution in [0.2, 0.25) is 0 Å². The van der Waals surface area contributed by atoms with Gasteiger partial charge in [0.1, 0.15) is 5.54 Å². The average Bonchev–Trinajstić information content (AvgIpc) is 3.15. The maximum Gasteiger partial charge on any atom is 0.405 e. The van der Waals surface area contributed by atoms with E-state index in [0.29, 0.717) is 0 Å². The Hall–Kier alpha value is -3.78. The summed E-state index contributed by atoms with van der Waals surface area (Å²) in [5.41, 5.74) is -2.70. The summed E-state index contributed by atoms with van der Waals surface area (Å²) in [7, 11) is -4.01. The molecule has 3 N–H and O–H groups in total. The van der Waals surface area contributed by atoms with E-state index in [4.69, 9.17) is 0 Å². The third kappa shape index (κ3) is 5.34. The Morgan fingerprint density at radius 2 is 1.81 bits per heavy atom. The predicted molar refractivity (Wildman–Crippen MR) is 133 cm³/mol. The number of carbonyl (C=O) groups is 2. The quantitative estimate of drug-likeness (QED) is 0.450. The minimum atomic E-state index is -4.01. The van der Waals surface area contributed by atoms with Crippen molar-refractivity contribution < 1.29 is 31.9 Å². The van der Waals surface area contributed by atoms with Gasteiger partial charge >= 0.3 is 6.09 Å². The van der Waals surface area contributed by atoms with Gasteiger partial charge in [-0.05, 0) is 36.1 Å². The second-order valence-electron chi connectivity index (χ2n) is 9.85. The van der Waals surface area contributed by atoms with Gasteiger partial charge in [-0.3, -0.25) is 4.79 Å². The number of nitriles is 1. The Morgan fingerprint density at radius 1 is 1.14 bits per heavy atom. The molecule has 0 radical (unpaired) electrons. The zero-order valence-corrected chi connectivity index (χ0v) is 21.5. The van der Waals surface area contributed by atoms with Gasteiger partial charge in [-0.2, -0.15) is 5.26 Å². The van der Waals surface area contributed by atoms with E-state index in [-0.39, 0.29) is 51.4 Å². The number of nitrogens with one attached hydrogen (secondary N) is 2. The number of ketones is 1. The first-order valence-corrected chi connectivity index (χ1v) is 13.2. The lowest BCUT2D eigenvalue weighted by Gasteiger charge is -2.47. The Bertz CT molecular complexity index is 1440. The molecule has 0 saturated carbocycles. The predicted octanol–water partition coefficient (Wildman–Crippen LogP) is 5.14. The highest BCUT2D eigenvalue weighted by Gasteiger charge is 2.54. The maximum absolute atomic E-state index is 13.4. The fraction of sp³-hybridized carbons (Fsp3) is 0.346. The standard InChI is InChI=1S/C26H27F2N3O5S/c1-25(2,3)26(31-24(33)34,18-9-8-15(14-29)12-21(18)37(4,35)36)22-19(10-11-20(22)32)30-17-7-5-6-16(13-17)23(27)28/h5-9,12-13,23,30-31H,10-11H2,1-4H3,(H,33,34). The van der Waals surface area contributed by atoms with Crippen LogP contribution in [-0.2, 0) is 20.2 Å². The van der Waals surface area contributed by atoms with E-state index >= 15 is 0 Å². The summed E-state index contributed by atoms with van der Waals surface area (Å²) in [6.45, 7) is 4.96. The molecule has 0 aromatic heterocycles. The lowest BCUT2D eigenvalue weighted by atomic mass is 9.64. The van der Waals surface area contributed by atoms with Crippen LogP contribution in [0.25, 0.3) is 0 Å². The number of hydrogen-bond donors (Lipinski definition) is 3. The molecule has 2 aromatic carbocycles. The Kier molecular flexibility index (Phi) is 7.47. The monoisotopic (exact) mass is 531 g/mol. The first-order valence-electron chi connectivity index (χ1n) is 11.3. The van der Waals surface area contributed by atoms with Crippen LogP contribution >= 0.6 is 0 Å². The highest BCUT2D eigenvalue weighted by molar-refractivity contribution is 7.90.